The monoisotopic (exact) mass is 149 g/mol. The maximum atomic E-state index is 3.52. The van der Waals surface area contributed by atoms with E-state index >= 15 is 0 Å². The Balaban J connectivity index is 3.07. The summed E-state index contributed by atoms with van der Waals surface area (Å²) < 4.78 is 0. The van der Waals surface area contributed by atoms with Crippen LogP contribution in [0.25, 0.3) is 0 Å². The van der Waals surface area contributed by atoms with Crippen molar-refractivity contribution in [1.29, 1.82) is 0 Å². The van der Waals surface area contributed by atoms with E-state index in [-0.39, 0.29) is 5.41 Å². The summed E-state index contributed by atoms with van der Waals surface area (Å²) in [6.45, 7) is 11.1. The Kier molecular flexibility index (Phi) is 1.96. The highest BCUT2D eigenvalue weighted by Gasteiger charge is 2.26. The van der Waals surface area contributed by atoms with Gasteiger partial charge in [0.2, 0.25) is 0 Å². The third-order valence-electron chi connectivity index (χ3n) is 2.77. The molecule has 0 aromatic carbocycles. The molecule has 0 aliphatic heterocycles. The summed E-state index contributed by atoms with van der Waals surface area (Å²) in [4.78, 5) is 0. The van der Waals surface area contributed by atoms with Crippen LogP contribution in [-0.2, 0) is 0 Å². The molecule has 61 valence electrons. The summed E-state index contributed by atoms with van der Waals surface area (Å²) in [6, 6.07) is 0. The van der Waals surface area contributed by atoms with Crippen molar-refractivity contribution in [3.63, 3.8) is 0 Å². The number of hydrogen-bond donors (Lipinski definition) is 0. The van der Waals surface area contributed by atoms with E-state index in [1.807, 2.05) is 0 Å². The van der Waals surface area contributed by atoms with E-state index in [9.17, 15) is 0 Å². The second-order valence-corrected chi connectivity index (χ2v) is 3.83. The molecule has 0 unspecified atom stereocenters. The lowest BCUT2D eigenvalue weighted by Crippen LogP contribution is -2.06. The molecule has 0 saturated carbocycles. The van der Waals surface area contributed by atoms with Gasteiger partial charge in [0, 0.05) is 5.41 Å². The van der Waals surface area contributed by atoms with E-state index in [4.69, 9.17) is 0 Å². The molecule has 0 N–H and O–H groups in total. The molecule has 1 rings (SSSR count). The van der Waals surface area contributed by atoms with Crippen molar-refractivity contribution in [3.8, 4) is 0 Å². The first-order chi connectivity index (χ1) is 4.99. The van der Waals surface area contributed by atoms with Crippen molar-refractivity contribution in [2.24, 2.45) is 5.41 Å². The van der Waals surface area contributed by atoms with Crippen molar-refractivity contribution < 1.29 is 0 Å². The highest BCUT2D eigenvalue weighted by atomic mass is 14.3. The standard InChI is InChI=1S/C11H17/c1-6-10-7-11(4,5)9(3)8(10)2/h6H2,1-5H3. The molecule has 0 nitrogen and oxygen atoms in total. The first-order valence-electron chi connectivity index (χ1n) is 4.31. The first kappa shape index (κ1) is 8.58. The zero-order valence-corrected chi connectivity index (χ0v) is 8.21. The smallest absolute Gasteiger partial charge is 0.0114 e. The molecule has 1 aliphatic carbocycles. The third-order valence-corrected chi connectivity index (χ3v) is 2.77. The second-order valence-electron chi connectivity index (χ2n) is 3.83. The minimum Gasteiger partial charge on any atom is -0.0613 e. The van der Waals surface area contributed by atoms with Crippen LogP contribution < -0.4 is 0 Å². The molecule has 0 heterocycles. The topological polar surface area (TPSA) is 0 Å². The van der Waals surface area contributed by atoms with Crippen LogP contribution in [0, 0.1) is 11.5 Å². The Morgan fingerprint density at radius 3 is 2.00 bits per heavy atom. The zero-order valence-electron chi connectivity index (χ0n) is 8.21. The molecular weight excluding hydrogens is 132 g/mol. The van der Waals surface area contributed by atoms with Crippen molar-refractivity contribution in [1.82, 2.24) is 0 Å². The van der Waals surface area contributed by atoms with Gasteiger partial charge in [0.15, 0.2) is 0 Å². The minimum absolute atomic E-state index is 0.190. The van der Waals surface area contributed by atoms with Crippen molar-refractivity contribution >= 4 is 0 Å². The molecule has 0 aromatic rings. The Morgan fingerprint density at radius 2 is 1.82 bits per heavy atom. The van der Waals surface area contributed by atoms with Gasteiger partial charge >= 0.3 is 0 Å². The second kappa shape index (κ2) is 2.51. The van der Waals surface area contributed by atoms with Gasteiger partial charge in [-0.3, -0.25) is 0 Å². The fourth-order valence-electron chi connectivity index (χ4n) is 1.61. The Morgan fingerprint density at radius 1 is 1.27 bits per heavy atom. The van der Waals surface area contributed by atoms with Crippen molar-refractivity contribution in [2.75, 3.05) is 0 Å². The molecular formula is C11H17. The van der Waals surface area contributed by atoms with E-state index in [0.717, 1.165) is 6.42 Å². The first-order valence-corrected chi connectivity index (χ1v) is 4.31. The van der Waals surface area contributed by atoms with Crippen LogP contribution in [0.3, 0.4) is 0 Å². The van der Waals surface area contributed by atoms with E-state index in [0.29, 0.717) is 0 Å². The molecule has 0 heteroatoms. The number of rotatable bonds is 1. The van der Waals surface area contributed by atoms with Gasteiger partial charge in [0.05, 0.1) is 0 Å². The highest BCUT2D eigenvalue weighted by molar-refractivity contribution is 5.42. The fourth-order valence-corrected chi connectivity index (χ4v) is 1.61. The normalized spacial score (nSPS) is 22.5. The highest BCUT2D eigenvalue weighted by Crippen LogP contribution is 2.40. The summed E-state index contributed by atoms with van der Waals surface area (Å²) in [5.74, 6) is 0. The van der Waals surface area contributed by atoms with E-state index in [1.165, 1.54) is 16.7 Å². The lowest BCUT2D eigenvalue weighted by molar-refractivity contribution is 0.567. The van der Waals surface area contributed by atoms with Gasteiger partial charge in [0.1, 0.15) is 0 Å². The van der Waals surface area contributed by atoms with Gasteiger partial charge < -0.3 is 0 Å². The van der Waals surface area contributed by atoms with E-state index in [2.05, 4.69) is 40.7 Å². The van der Waals surface area contributed by atoms with E-state index < -0.39 is 0 Å². The SMILES string of the molecule is CCC1=[C]C(C)(C)C(C)=C1C. The Bertz CT molecular complexity index is 226. The van der Waals surface area contributed by atoms with Gasteiger partial charge in [-0.2, -0.15) is 0 Å². The summed E-state index contributed by atoms with van der Waals surface area (Å²) in [6.07, 6.45) is 4.64. The Hall–Kier alpha value is -0.520. The van der Waals surface area contributed by atoms with Gasteiger partial charge in [-0.05, 0) is 37.5 Å². The van der Waals surface area contributed by atoms with Crippen LogP contribution in [0.4, 0.5) is 0 Å². The predicted octanol–water partition coefficient (Wildman–Crippen LogP) is 3.50. The Labute approximate surface area is 70.0 Å². The molecule has 1 radical (unpaired) electrons. The summed E-state index contributed by atoms with van der Waals surface area (Å²) in [5.41, 5.74) is 4.54. The van der Waals surface area contributed by atoms with Crippen LogP contribution in [0.1, 0.15) is 41.0 Å². The number of allylic oxidation sites excluding steroid dienone is 4. The maximum absolute atomic E-state index is 3.52. The summed E-state index contributed by atoms with van der Waals surface area (Å²) >= 11 is 0. The maximum Gasteiger partial charge on any atom is 0.0114 e. The molecule has 0 spiro atoms. The minimum atomic E-state index is 0.190. The van der Waals surface area contributed by atoms with Crippen molar-refractivity contribution in [2.45, 2.75) is 41.0 Å². The van der Waals surface area contributed by atoms with Crippen LogP contribution in [0.2, 0.25) is 0 Å². The van der Waals surface area contributed by atoms with Gasteiger partial charge in [0.25, 0.3) is 0 Å². The third kappa shape index (κ3) is 1.26. The van der Waals surface area contributed by atoms with Crippen LogP contribution >= 0.6 is 0 Å². The number of hydrogen-bond acceptors (Lipinski definition) is 0. The van der Waals surface area contributed by atoms with Crippen LogP contribution in [0.5, 0.6) is 0 Å². The van der Waals surface area contributed by atoms with E-state index in [1.54, 1.807) is 0 Å². The molecule has 0 saturated heterocycles. The van der Waals surface area contributed by atoms with Crippen LogP contribution in [-0.4, -0.2) is 0 Å². The van der Waals surface area contributed by atoms with Gasteiger partial charge in [-0.1, -0.05) is 26.3 Å². The molecule has 0 aromatic heterocycles. The average Bonchev–Trinajstić information content (AvgIpc) is 2.13. The molecule has 11 heavy (non-hydrogen) atoms. The van der Waals surface area contributed by atoms with Crippen molar-refractivity contribution in [3.05, 3.63) is 22.8 Å². The zero-order chi connectivity index (χ0) is 8.65. The fraction of sp³-hybridized carbons (Fsp3) is 0.636. The lowest BCUT2D eigenvalue weighted by Gasteiger charge is -2.16. The predicted molar refractivity (Wildman–Crippen MR) is 49.2 cm³/mol. The average molecular weight is 149 g/mol. The quantitative estimate of drug-likeness (QED) is 0.535. The van der Waals surface area contributed by atoms with Gasteiger partial charge in [-0.25, -0.2) is 0 Å². The molecule has 0 atom stereocenters. The largest absolute Gasteiger partial charge is 0.0613 e. The molecule has 0 amide bonds. The van der Waals surface area contributed by atoms with Crippen LogP contribution in [0.15, 0.2) is 16.7 Å². The molecule has 0 bridgehead atoms. The molecule has 0 fully saturated rings. The summed E-state index contributed by atoms with van der Waals surface area (Å²) in [5, 5.41) is 0. The summed E-state index contributed by atoms with van der Waals surface area (Å²) in [7, 11) is 0. The molecule has 1 aliphatic rings. The van der Waals surface area contributed by atoms with Gasteiger partial charge in [-0.15, -0.1) is 0 Å². The lowest BCUT2D eigenvalue weighted by atomic mass is 9.88.